The van der Waals surface area contributed by atoms with Gasteiger partial charge >= 0.3 is 12.1 Å². The van der Waals surface area contributed by atoms with Gasteiger partial charge in [0, 0.05) is 24.9 Å². The van der Waals surface area contributed by atoms with Gasteiger partial charge in [0.15, 0.2) is 0 Å². The molecule has 0 aliphatic rings. The molecule has 2 aromatic rings. The molecule has 0 saturated heterocycles. The van der Waals surface area contributed by atoms with Gasteiger partial charge in [-0.25, -0.2) is 9.59 Å². The maximum atomic E-state index is 12.5. The quantitative estimate of drug-likeness (QED) is 0.804. The first-order valence-electron chi connectivity index (χ1n) is 7.66. The van der Waals surface area contributed by atoms with Crippen LogP contribution in [0.5, 0.6) is 11.5 Å². The molecule has 2 N–H and O–H groups in total. The number of rotatable bonds is 5. The highest BCUT2D eigenvalue weighted by atomic mass is 16.6. The van der Waals surface area contributed by atoms with Crippen LogP contribution in [-0.4, -0.2) is 32.8 Å². The number of benzene rings is 2. The monoisotopic (exact) mass is 354 g/mol. The summed E-state index contributed by atoms with van der Waals surface area (Å²) < 4.78 is 10.5. The minimum atomic E-state index is -0.725. The topological polar surface area (TPSA) is 104 Å². The lowest BCUT2D eigenvalue weighted by Crippen LogP contribution is -2.34. The van der Waals surface area contributed by atoms with E-state index in [1.807, 2.05) is 6.07 Å². The Bertz CT molecular complexity index is 832. The third-order valence-corrected chi connectivity index (χ3v) is 3.34. The summed E-state index contributed by atoms with van der Waals surface area (Å²) in [6.07, 6.45) is -0.725. The van der Waals surface area contributed by atoms with Gasteiger partial charge in [0.05, 0.1) is 18.9 Å². The second-order valence-electron chi connectivity index (χ2n) is 5.05. The van der Waals surface area contributed by atoms with Crippen LogP contribution < -0.4 is 25.0 Å². The van der Waals surface area contributed by atoms with E-state index in [0.717, 1.165) is 0 Å². The highest BCUT2D eigenvalue weighted by Crippen LogP contribution is 2.23. The second kappa shape index (κ2) is 8.94. The van der Waals surface area contributed by atoms with E-state index >= 15 is 0 Å². The van der Waals surface area contributed by atoms with Crippen LogP contribution in [0.4, 0.5) is 21.0 Å². The third-order valence-electron chi connectivity index (χ3n) is 3.34. The average molecular weight is 354 g/mol. The predicted molar refractivity (Wildman–Crippen MR) is 96.5 cm³/mol. The van der Waals surface area contributed by atoms with Gasteiger partial charge in [-0.15, -0.1) is 0 Å². The van der Waals surface area contributed by atoms with E-state index in [9.17, 15) is 9.59 Å². The largest absolute Gasteiger partial charge is 0.497 e. The lowest BCUT2D eigenvalue weighted by atomic mass is 10.2. The number of carbonyl (C=O) groups excluding carboxylic acids is 2. The molecule has 0 aliphatic heterocycles. The minimum absolute atomic E-state index is 0.192. The molecule has 0 heterocycles. The molecule has 26 heavy (non-hydrogen) atoms. The van der Waals surface area contributed by atoms with Crippen molar-refractivity contribution in [2.75, 3.05) is 30.9 Å². The molecule has 8 nitrogen and oxygen atoms in total. The first-order valence-corrected chi connectivity index (χ1v) is 7.66. The molecule has 0 aliphatic carbocycles. The van der Waals surface area contributed by atoms with Gasteiger partial charge in [0.25, 0.3) is 0 Å². The fourth-order valence-electron chi connectivity index (χ4n) is 2.10. The molecule has 0 fully saturated rings. The maximum Gasteiger partial charge on any atom is 0.420 e. The van der Waals surface area contributed by atoms with E-state index in [1.54, 1.807) is 42.5 Å². The van der Waals surface area contributed by atoms with E-state index in [0.29, 0.717) is 17.1 Å². The van der Waals surface area contributed by atoms with Gasteiger partial charge in [-0.1, -0.05) is 12.1 Å². The zero-order chi connectivity index (χ0) is 18.9. The van der Waals surface area contributed by atoms with Crippen molar-refractivity contribution < 1.29 is 19.1 Å². The van der Waals surface area contributed by atoms with Crippen molar-refractivity contribution in [1.82, 2.24) is 5.32 Å². The van der Waals surface area contributed by atoms with Crippen molar-refractivity contribution >= 4 is 23.5 Å². The summed E-state index contributed by atoms with van der Waals surface area (Å²) in [7, 11) is 3.00. The van der Waals surface area contributed by atoms with E-state index in [1.165, 1.54) is 25.1 Å². The van der Waals surface area contributed by atoms with Gasteiger partial charge in [-0.3, -0.25) is 4.90 Å². The third kappa shape index (κ3) is 4.88. The Balaban J connectivity index is 2.18. The van der Waals surface area contributed by atoms with Crippen LogP contribution >= 0.6 is 0 Å². The summed E-state index contributed by atoms with van der Waals surface area (Å²) in [6, 6.07) is 14.6. The lowest BCUT2D eigenvalue weighted by molar-refractivity contribution is 0.208. The van der Waals surface area contributed by atoms with Crippen molar-refractivity contribution in [1.29, 1.82) is 5.26 Å². The molecule has 0 unspecified atom stereocenters. The Morgan fingerprint density at radius 1 is 1.15 bits per heavy atom. The van der Waals surface area contributed by atoms with E-state index in [4.69, 9.17) is 14.7 Å². The van der Waals surface area contributed by atoms with Crippen LogP contribution in [0.15, 0.2) is 48.5 Å². The van der Waals surface area contributed by atoms with Crippen molar-refractivity contribution in [3.63, 3.8) is 0 Å². The van der Waals surface area contributed by atoms with E-state index < -0.39 is 12.1 Å². The SMILES string of the molecule is CNC(=O)Nc1cccc(OC(=O)N(CC#N)c2cccc(OC)c2)c1. The smallest absolute Gasteiger partial charge is 0.420 e. The number of nitrogens with one attached hydrogen (secondary N) is 2. The zero-order valence-electron chi connectivity index (χ0n) is 14.4. The lowest BCUT2D eigenvalue weighted by Gasteiger charge is -2.19. The Morgan fingerprint density at radius 3 is 2.58 bits per heavy atom. The van der Waals surface area contributed by atoms with Crippen LogP contribution in [0.25, 0.3) is 0 Å². The number of nitrogens with zero attached hydrogens (tertiary/aromatic N) is 2. The molecular formula is C18H18N4O4. The van der Waals surface area contributed by atoms with Crippen molar-refractivity contribution in [3.05, 3.63) is 48.5 Å². The summed E-state index contributed by atoms with van der Waals surface area (Å²) in [5.74, 6) is 0.782. The second-order valence-corrected chi connectivity index (χ2v) is 5.05. The Morgan fingerprint density at radius 2 is 1.88 bits per heavy atom. The normalized spacial score (nSPS) is 9.58. The molecule has 0 aromatic heterocycles. The van der Waals surface area contributed by atoms with Gasteiger partial charge in [0.1, 0.15) is 18.0 Å². The van der Waals surface area contributed by atoms with Gasteiger partial charge in [-0.2, -0.15) is 5.26 Å². The molecule has 2 aromatic carbocycles. The standard InChI is InChI=1S/C18H18N4O4/c1-20-17(23)21-13-5-3-8-16(11-13)26-18(24)22(10-9-19)14-6-4-7-15(12-14)25-2/h3-8,11-12H,10H2,1-2H3,(H2,20,21,23). The number of urea groups is 1. The first kappa shape index (κ1) is 18.6. The molecule has 0 spiro atoms. The van der Waals surface area contributed by atoms with Crippen molar-refractivity contribution in [2.45, 2.75) is 0 Å². The molecule has 2 rings (SSSR count). The summed E-state index contributed by atoms with van der Waals surface area (Å²) in [6.45, 7) is -0.192. The number of methoxy groups -OCH3 is 1. The summed E-state index contributed by atoms with van der Waals surface area (Å²) in [5, 5.41) is 14.0. The van der Waals surface area contributed by atoms with Gasteiger partial charge in [-0.05, 0) is 24.3 Å². The fraction of sp³-hybridized carbons (Fsp3) is 0.167. The molecule has 0 bridgehead atoms. The van der Waals surface area contributed by atoms with E-state index in [-0.39, 0.29) is 12.3 Å². The Labute approximate surface area is 150 Å². The van der Waals surface area contributed by atoms with Crippen LogP contribution in [0.1, 0.15) is 0 Å². The average Bonchev–Trinajstić information content (AvgIpc) is 2.66. The molecular weight excluding hydrogens is 336 g/mol. The molecule has 0 saturated carbocycles. The molecule has 134 valence electrons. The number of carbonyl (C=O) groups is 2. The number of hydrogen-bond donors (Lipinski definition) is 2. The maximum absolute atomic E-state index is 12.5. The summed E-state index contributed by atoms with van der Waals surface area (Å²) in [4.78, 5) is 25.1. The zero-order valence-corrected chi connectivity index (χ0v) is 14.4. The predicted octanol–water partition coefficient (Wildman–Crippen LogP) is 2.98. The van der Waals surface area contributed by atoms with Gasteiger partial charge in [0.2, 0.25) is 0 Å². The van der Waals surface area contributed by atoms with Crippen molar-refractivity contribution in [2.24, 2.45) is 0 Å². The van der Waals surface area contributed by atoms with Crippen LogP contribution in [0, 0.1) is 11.3 Å². The molecule has 3 amide bonds. The Kier molecular flexibility index (Phi) is 6.40. The van der Waals surface area contributed by atoms with Crippen LogP contribution in [0.2, 0.25) is 0 Å². The molecule has 8 heteroatoms. The number of nitriles is 1. The summed E-state index contributed by atoms with van der Waals surface area (Å²) in [5.41, 5.74) is 0.929. The van der Waals surface area contributed by atoms with Gasteiger partial charge < -0.3 is 20.1 Å². The van der Waals surface area contributed by atoms with Crippen LogP contribution in [-0.2, 0) is 0 Å². The molecule has 0 atom stereocenters. The number of ether oxygens (including phenoxy) is 2. The van der Waals surface area contributed by atoms with E-state index in [2.05, 4.69) is 10.6 Å². The van der Waals surface area contributed by atoms with Crippen molar-refractivity contribution in [3.8, 4) is 17.6 Å². The minimum Gasteiger partial charge on any atom is -0.497 e. The fourth-order valence-corrected chi connectivity index (χ4v) is 2.10. The van der Waals surface area contributed by atoms with Crippen LogP contribution in [0.3, 0.4) is 0 Å². The highest BCUT2D eigenvalue weighted by Gasteiger charge is 2.18. The number of amides is 3. The number of anilines is 2. The number of hydrogen-bond acceptors (Lipinski definition) is 5. The molecule has 0 radical (unpaired) electrons. The highest BCUT2D eigenvalue weighted by molar-refractivity contribution is 5.91. The summed E-state index contributed by atoms with van der Waals surface area (Å²) >= 11 is 0. The Hall–Kier alpha value is -3.73. The first-order chi connectivity index (χ1) is 12.6.